The lowest BCUT2D eigenvalue weighted by Crippen LogP contribution is -2.25. The van der Waals surface area contributed by atoms with Crippen LogP contribution >= 0.6 is 0 Å². The minimum absolute atomic E-state index is 0.0265. The number of carbonyl (C=O) groups is 1. The van der Waals surface area contributed by atoms with Gasteiger partial charge in [-0.1, -0.05) is 18.6 Å². The summed E-state index contributed by atoms with van der Waals surface area (Å²) < 4.78 is 43.7. The summed E-state index contributed by atoms with van der Waals surface area (Å²) in [6.07, 6.45) is 2.48. The molecule has 0 saturated heterocycles. The third-order valence-corrected chi connectivity index (χ3v) is 6.62. The smallest absolute Gasteiger partial charge is 0.240 e. The highest BCUT2D eigenvalue weighted by molar-refractivity contribution is 7.89. The minimum atomic E-state index is -3.62. The Hall–Kier alpha value is -2.78. The molecule has 0 radical (unpaired) electrons. The average molecular weight is 463 g/mol. The van der Waals surface area contributed by atoms with Gasteiger partial charge in [0, 0.05) is 25.6 Å². The lowest BCUT2D eigenvalue weighted by Gasteiger charge is -2.18. The number of nitrogens with one attached hydrogen (secondary N) is 2. The van der Waals surface area contributed by atoms with Crippen molar-refractivity contribution >= 4 is 15.9 Å². The van der Waals surface area contributed by atoms with Gasteiger partial charge >= 0.3 is 0 Å². The van der Waals surface area contributed by atoms with Crippen molar-refractivity contribution in [1.82, 2.24) is 10.0 Å². The summed E-state index contributed by atoms with van der Waals surface area (Å²) in [5, 5.41) is 2.90. The number of aryl methyl sites for hydroxylation is 1. The van der Waals surface area contributed by atoms with E-state index in [0.29, 0.717) is 57.1 Å². The summed E-state index contributed by atoms with van der Waals surface area (Å²) >= 11 is 0. The summed E-state index contributed by atoms with van der Waals surface area (Å²) in [5.74, 6) is 1.76. The van der Waals surface area contributed by atoms with Crippen molar-refractivity contribution in [2.45, 2.75) is 44.0 Å². The number of hydrogen-bond acceptors (Lipinski definition) is 6. The Kier molecular flexibility index (Phi) is 8.35. The van der Waals surface area contributed by atoms with Crippen LogP contribution in [0.5, 0.6) is 17.2 Å². The first-order chi connectivity index (χ1) is 15.4. The van der Waals surface area contributed by atoms with Crippen molar-refractivity contribution in [3.05, 3.63) is 47.5 Å². The van der Waals surface area contributed by atoms with Crippen LogP contribution in [0.1, 0.15) is 36.8 Å². The molecule has 32 heavy (non-hydrogen) atoms. The van der Waals surface area contributed by atoms with E-state index in [0.717, 1.165) is 23.3 Å². The molecule has 0 saturated carbocycles. The van der Waals surface area contributed by atoms with E-state index >= 15 is 0 Å². The maximum Gasteiger partial charge on any atom is 0.240 e. The van der Waals surface area contributed by atoms with E-state index in [1.807, 2.05) is 25.1 Å². The van der Waals surface area contributed by atoms with Crippen molar-refractivity contribution in [2.75, 3.05) is 26.9 Å². The fraction of sp³-hybridized carbons (Fsp3) is 0.435. The van der Waals surface area contributed by atoms with Gasteiger partial charge in [-0.05, 0) is 49.1 Å². The normalized spacial score (nSPS) is 12.9. The monoisotopic (exact) mass is 462 g/mol. The fourth-order valence-electron chi connectivity index (χ4n) is 3.33. The van der Waals surface area contributed by atoms with E-state index < -0.39 is 10.0 Å². The number of carbonyl (C=O) groups excluding carboxylic acids is 1. The Morgan fingerprint density at radius 3 is 2.59 bits per heavy atom. The van der Waals surface area contributed by atoms with E-state index in [4.69, 9.17) is 14.2 Å². The van der Waals surface area contributed by atoms with E-state index in [1.54, 1.807) is 13.2 Å². The molecule has 0 unspecified atom stereocenters. The van der Waals surface area contributed by atoms with Crippen LogP contribution in [0.4, 0.5) is 0 Å². The van der Waals surface area contributed by atoms with Crippen molar-refractivity contribution < 1.29 is 27.4 Å². The number of sulfonamides is 1. The van der Waals surface area contributed by atoms with Crippen LogP contribution in [0.25, 0.3) is 0 Å². The first-order valence-corrected chi connectivity index (χ1v) is 12.2. The molecule has 1 amide bonds. The Morgan fingerprint density at radius 2 is 1.81 bits per heavy atom. The first kappa shape index (κ1) is 23.9. The van der Waals surface area contributed by atoms with Gasteiger partial charge in [0.25, 0.3) is 0 Å². The third kappa shape index (κ3) is 6.61. The molecule has 2 aromatic carbocycles. The molecule has 9 heteroatoms. The molecule has 1 aliphatic heterocycles. The van der Waals surface area contributed by atoms with E-state index in [-0.39, 0.29) is 10.8 Å². The number of unbranched alkanes of at least 4 members (excludes halogenated alkanes) is 2. The quantitative estimate of drug-likeness (QED) is 0.498. The number of benzene rings is 2. The van der Waals surface area contributed by atoms with Crippen molar-refractivity contribution in [3.63, 3.8) is 0 Å². The molecule has 0 aromatic heterocycles. The topological polar surface area (TPSA) is 103 Å². The molecule has 0 aliphatic carbocycles. The zero-order valence-electron chi connectivity index (χ0n) is 18.5. The SMILES string of the molecule is COc1cc(CNC(=O)CCCCCNS(=O)(=O)c2ccc3c(c2)OCCO3)ccc1C. The third-order valence-electron chi connectivity index (χ3n) is 5.16. The molecular weight excluding hydrogens is 432 g/mol. The molecule has 2 N–H and O–H groups in total. The van der Waals surface area contributed by atoms with Crippen molar-refractivity contribution in [1.29, 1.82) is 0 Å². The Labute approximate surface area is 189 Å². The van der Waals surface area contributed by atoms with Gasteiger partial charge in [0.15, 0.2) is 11.5 Å². The molecule has 0 fully saturated rings. The van der Waals surface area contributed by atoms with Crippen LogP contribution in [-0.4, -0.2) is 41.2 Å². The van der Waals surface area contributed by atoms with Crippen molar-refractivity contribution in [2.24, 2.45) is 0 Å². The minimum Gasteiger partial charge on any atom is -0.496 e. The van der Waals surface area contributed by atoms with Gasteiger partial charge in [-0.25, -0.2) is 13.1 Å². The van der Waals surface area contributed by atoms with Crippen LogP contribution in [0.3, 0.4) is 0 Å². The van der Waals surface area contributed by atoms with Gasteiger partial charge in [-0.3, -0.25) is 4.79 Å². The van der Waals surface area contributed by atoms with Crippen LogP contribution in [0.2, 0.25) is 0 Å². The van der Waals surface area contributed by atoms with E-state index in [1.165, 1.54) is 12.1 Å². The number of methoxy groups -OCH3 is 1. The molecule has 3 rings (SSSR count). The summed E-state index contributed by atoms with van der Waals surface area (Å²) in [4.78, 5) is 12.2. The second-order valence-corrected chi connectivity index (χ2v) is 9.36. The van der Waals surface area contributed by atoms with E-state index in [2.05, 4.69) is 10.0 Å². The number of amides is 1. The predicted molar refractivity (Wildman–Crippen MR) is 121 cm³/mol. The van der Waals surface area contributed by atoms with Gasteiger partial charge in [0.1, 0.15) is 19.0 Å². The Morgan fingerprint density at radius 1 is 1.03 bits per heavy atom. The molecule has 2 aromatic rings. The van der Waals surface area contributed by atoms with Gasteiger partial charge in [0.2, 0.25) is 15.9 Å². The van der Waals surface area contributed by atoms with E-state index in [9.17, 15) is 13.2 Å². The number of fused-ring (bicyclic) bond motifs is 1. The molecule has 1 heterocycles. The number of hydrogen-bond donors (Lipinski definition) is 2. The van der Waals surface area contributed by atoms with Crippen LogP contribution in [0.15, 0.2) is 41.3 Å². The molecule has 0 spiro atoms. The zero-order chi connectivity index (χ0) is 23.0. The predicted octanol–water partition coefficient (Wildman–Crippen LogP) is 2.93. The first-order valence-electron chi connectivity index (χ1n) is 10.7. The molecule has 1 aliphatic rings. The van der Waals surface area contributed by atoms with Crippen LogP contribution in [-0.2, 0) is 21.4 Å². The number of ether oxygens (including phenoxy) is 3. The molecular formula is C23H30N2O6S. The standard InChI is InChI=1S/C23H30N2O6S/c1-17-7-8-18(14-21(17)29-2)16-24-23(26)6-4-3-5-11-25-32(27,28)19-9-10-20-22(15-19)31-13-12-30-20/h7-10,14-15,25H,3-6,11-13,16H2,1-2H3,(H,24,26). The fourth-order valence-corrected chi connectivity index (χ4v) is 4.42. The Balaban J connectivity index is 1.33. The highest BCUT2D eigenvalue weighted by atomic mass is 32.2. The number of rotatable bonds is 11. The maximum atomic E-state index is 12.5. The largest absolute Gasteiger partial charge is 0.496 e. The second kappa shape index (κ2) is 11.2. The van der Waals surface area contributed by atoms with Gasteiger partial charge < -0.3 is 19.5 Å². The molecule has 0 atom stereocenters. The van der Waals surface area contributed by atoms with Gasteiger partial charge in [-0.15, -0.1) is 0 Å². The van der Waals surface area contributed by atoms with Crippen LogP contribution in [0, 0.1) is 6.92 Å². The summed E-state index contributed by atoms with van der Waals surface area (Å²) in [6.45, 7) is 3.58. The maximum absolute atomic E-state index is 12.5. The summed E-state index contributed by atoms with van der Waals surface area (Å²) in [6, 6.07) is 10.4. The van der Waals surface area contributed by atoms with Gasteiger partial charge in [-0.2, -0.15) is 0 Å². The average Bonchev–Trinajstić information content (AvgIpc) is 2.80. The molecule has 174 valence electrons. The van der Waals surface area contributed by atoms with Crippen LogP contribution < -0.4 is 24.2 Å². The Bertz CT molecular complexity index is 1040. The summed E-state index contributed by atoms with van der Waals surface area (Å²) in [5.41, 5.74) is 2.03. The second-order valence-electron chi connectivity index (χ2n) is 7.59. The lowest BCUT2D eigenvalue weighted by molar-refractivity contribution is -0.121. The summed E-state index contributed by atoms with van der Waals surface area (Å²) in [7, 11) is -1.99. The molecule has 0 bridgehead atoms. The molecule has 8 nitrogen and oxygen atoms in total. The van der Waals surface area contributed by atoms with Gasteiger partial charge in [0.05, 0.1) is 12.0 Å². The zero-order valence-corrected chi connectivity index (χ0v) is 19.3. The van der Waals surface area contributed by atoms with Crippen molar-refractivity contribution in [3.8, 4) is 17.2 Å². The lowest BCUT2D eigenvalue weighted by atomic mass is 10.1. The highest BCUT2D eigenvalue weighted by Gasteiger charge is 2.18. The highest BCUT2D eigenvalue weighted by Crippen LogP contribution is 2.32.